The number of nitrogens with one attached hydrogen (secondary N) is 1. The highest BCUT2D eigenvalue weighted by Gasteiger charge is 2.64. The second kappa shape index (κ2) is 7.68. The van der Waals surface area contributed by atoms with Crippen molar-refractivity contribution in [2.75, 3.05) is 7.11 Å². The van der Waals surface area contributed by atoms with Gasteiger partial charge in [-0.05, 0) is 19.9 Å². The predicted molar refractivity (Wildman–Crippen MR) is 104 cm³/mol. The largest absolute Gasteiger partial charge is 0.480 e. The minimum atomic E-state index is -1.92. The summed E-state index contributed by atoms with van der Waals surface area (Å²) in [6.07, 6.45) is 1.01. The van der Waals surface area contributed by atoms with Gasteiger partial charge in [-0.3, -0.25) is 29.1 Å². The number of carbonyl (C=O) groups is 4. The van der Waals surface area contributed by atoms with Crippen molar-refractivity contribution in [2.45, 2.75) is 42.1 Å². The van der Waals surface area contributed by atoms with Crippen LogP contribution in [0.2, 0.25) is 0 Å². The van der Waals surface area contributed by atoms with Crippen LogP contribution in [-0.2, 0) is 23.9 Å². The zero-order valence-electron chi connectivity index (χ0n) is 16.5. The minimum absolute atomic E-state index is 0.548. The summed E-state index contributed by atoms with van der Waals surface area (Å²) in [7, 11) is 0.966. The van der Waals surface area contributed by atoms with Gasteiger partial charge in [0.2, 0.25) is 11.9 Å². The number of carbonyl (C=O) groups excluding carboxylic acids is 3. The fourth-order valence-electron chi connectivity index (χ4n) is 3.68. The van der Waals surface area contributed by atoms with Crippen LogP contribution in [-0.4, -0.2) is 72.6 Å². The maximum Gasteiger partial charge on any atom is 0.338 e. The monoisotopic (exact) mass is 454 g/mol. The van der Waals surface area contributed by atoms with Crippen LogP contribution in [0.5, 0.6) is 0 Å². The first-order valence-corrected chi connectivity index (χ1v) is 9.77. The number of β-lactam (4-membered cyclic amide) rings is 1. The zero-order valence-corrected chi connectivity index (χ0v) is 17.3. The van der Waals surface area contributed by atoms with E-state index in [0.717, 1.165) is 30.3 Å². The predicted octanol–water partition coefficient (Wildman–Crippen LogP) is -0.898. The molecule has 3 heterocycles. The average Bonchev–Trinajstić information content (AvgIpc) is 2.95. The number of methoxy groups -OCH3 is 1. The summed E-state index contributed by atoms with van der Waals surface area (Å²) in [4.78, 5) is 72.8. The molecule has 0 aliphatic carbocycles. The number of nitrogens with zero attached hydrogens (tertiary/aromatic N) is 3. The fourth-order valence-corrected chi connectivity index (χ4v) is 5.30. The minimum Gasteiger partial charge on any atom is -0.480 e. The molecule has 1 aromatic rings. The van der Waals surface area contributed by atoms with Crippen molar-refractivity contribution in [2.24, 2.45) is 0 Å². The van der Waals surface area contributed by atoms with Gasteiger partial charge in [0.25, 0.3) is 5.91 Å². The number of hydrogen-bond donors (Lipinski definition) is 2. The number of esters is 1. The van der Waals surface area contributed by atoms with Crippen LogP contribution in [0.1, 0.15) is 19.9 Å². The number of rotatable bonds is 6. The van der Waals surface area contributed by atoms with E-state index in [1.165, 1.54) is 11.8 Å². The molecule has 2 aliphatic heterocycles. The first-order valence-electron chi connectivity index (χ1n) is 8.89. The fraction of sp³-hybridized carbons (Fsp3) is 0.471. The highest BCUT2D eigenvalue weighted by molar-refractivity contribution is 8.01. The van der Waals surface area contributed by atoms with E-state index in [9.17, 15) is 39.2 Å². The molecule has 2 N–H and O–H groups in total. The Bertz CT molecular complexity index is 1050. The standard InChI is InChI=1S/C17H18N4O9S/c1-17(2)10(15(25)26)20-13(24)8(14(20)31-17)18-11(22)9(16(27)30-3)19-6-4-5-7(12(19)23)21(28)29/h4-6,8-10,14H,1-3H3,(H,18,22)(H,25,26)/t8-,9?,10+,14-/m1/s1. The zero-order chi connectivity index (χ0) is 23.2. The van der Waals surface area contributed by atoms with Gasteiger partial charge in [-0.25, -0.2) is 9.59 Å². The molecule has 0 saturated carbocycles. The molecule has 14 heteroatoms. The van der Waals surface area contributed by atoms with Gasteiger partial charge in [-0.1, -0.05) is 0 Å². The molecule has 2 fully saturated rings. The van der Waals surface area contributed by atoms with Gasteiger partial charge in [0.05, 0.1) is 12.0 Å². The van der Waals surface area contributed by atoms with Crippen LogP contribution in [0, 0.1) is 10.1 Å². The first-order chi connectivity index (χ1) is 14.4. The summed E-state index contributed by atoms with van der Waals surface area (Å²) in [5.74, 6) is -4.11. The number of ether oxygens (including phenoxy) is 1. The van der Waals surface area contributed by atoms with E-state index in [4.69, 9.17) is 0 Å². The lowest BCUT2D eigenvalue weighted by atomic mass is 9.96. The van der Waals surface area contributed by atoms with Gasteiger partial charge in [0.1, 0.15) is 17.5 Å². The van der Waals surface area contributed by atoms with Crippen molar-refractivity contribution in [1.82, 2.24) is 14.8 Å². The molecule has 0 radical (unpaired) electrons. The second-order valence-electron chi connectivity index (χ2n) is 7.37. The molecule has 166 valence electrons. The molecule has 0 spiro atoms. The number of aliphatic carboxylic acids is 1. The number of hydrogen-bond acceptors (Lipinski definition) is 9. The number of amides is 2. The third kappa shape index (κ3) is 3.52. The van der Waals surface area contributed by atoms with Crippen molar-refractivity contribution in [1.29, 1.82) is 0 Å². The van der Waals surface area contributed by atoms with E-state index < -0.39 is 68.2 Å². The molecule has 2 saturated heterocycles. The van der Waals surface area contributed by atoms with Crippen molar-refractivity contribution in [3.8, 4) is 0 Å². The molecule has 3 rings (SSSR count). The Kier molecular flexibility index (Phi) is 5.52. The first kappa shape index (κ1) is 22.3. The summed E-state index contributed by atoms with van der Waals surface area (Å²) >= 11 is 1.17. The molecular formula is C17H18N4O9S. The van der Waals surface area contributed by atoms with Gasteiger partial charge >= 0.3 is 23.2 Å². The number of carboxylic acids is 1. The van der Waals surface area contributed by atoms with Crippen molar-refractivity contribution >= 4 is 41.2 Å². The molecule has 13 nitrogen and oxygen atoms in total. The molecule has 31 heavy (non-hydrogen) atoms. The summed E-state index contributed by atoms with van der Waals surface area (Å²) < 4.78 is 4.28. The number of pyridine rings is 1. The van der Waals surface area contributed by atoms with Crippen LogP contribution >= 0.6 is 11.8 Å². The van der Waals surface area contributed by atoms with Crippen molar-refractivity contribution in [3.63, 3.8) is 0 Å². The number of fused-ring (bicyclic) bond motifs is 1. The van der Waals surface area contributed by atoms with E-state index in [2.05, 4.69) is 10.1 Å². The van der Waals surface area contributed by atoms with Gasteiger partial charge in [-0.2, -0.15) is 0 Å². The lowest BCUT2D eigenvalue weighted by Gasteiger charge is -2.43. The molecule has 2 aliphatic rings. The normalized spacial score (nSPS) is 24.5. The molecule has 0 aromatic carbocycles. The topological polar surface area (TPSA) is 178 Å². The summed E-state index contributed by atoms with van der Waals surface area (Å²) in [5, 5.41) is 22.1. The highest BCUT2D eigenvalue weighted by Crippen LogP contribution is 2.50. The number of carboxylic acid groups (broad SMARTS) is 1. The van der Waals surface area contributed by atoms with Gasteiger partial charge in [0.15, 0.2) is 0 Å². The van der Waals surface area contributed by atoms with Gasteiger partial charge < -0.3 is 20.1 Å². The van der Waals surface area contributed by atoms with Crippen LogP contribution in [0.25, 0.3) is 0 Å². The third-order valence-electron chi connectivity index (χ3n) is 5.07. The number of nitro groups is 1. The molecular weight excluding hydrogens is 436 g/mol. The highest BCUT2D eigenvalue weighted by atomic mass is 32.2. The van der Waals surface area contributed by atoms with Crippen LogP contribution in [0.15, 0.2) is 23.1 Å². The molecule has 0 bridgehead atoms. The van der Waals surface area contributed by atoms with Gasteiger partial charge in [-0.15, -0.1) is 11.8 Å². The smallest absolute Gasteiger partial charge is 0.338 e. The Morgan fingerprint density at radius 1 is 1.35 bits per heavy atom. The van der Waals surface area contributed by atoms with E-state index in [0.29, 0.717) is 4.57 Å². The number of aromatic nitrogens is 1. The lowest BCUT2D eigenvalue weighted by Crippen LogP contribution is -2.71. The van der Waals surface area contributed by atoms with Crippen LogP contribution in [0.3, 0.4) is 0 Å². The molecule has 4 atom stereocenters. The Morgan fingerprint density at radius 2 is 2.00 bits per heavy atom. The number of thioether (sulfide) groups is 1. The second-order valence-corrected chi connectivity index (χ2v) is 9.14. The summed E-state index contributed by atoms with van der Waals surface area (Å²) in [6, 6.07) is -2.12. The maximum absolute atomic E-state index is 12.9. The molecule has 1 aromatic heterocycles. The Hall–Kier alpha value is -3.42. The van der Waals surface area contributed by atoms with E-state index in [1.54, 1.807) is 13.8 Å². The average molecular weight is 454 g/mol. The Labute approximate surface area is 178 Å². The van der Waals surface area contributed by atoms with Crippen molar-refractivity contribution in [3.05, 3.63) is 38.8 Å². The van der Waals surface area contributed by atoms with E-state index in [1.807, 2.05) is 0 Å². The van der Waals surface area contributed by atoms with E-state index >= 15 is 0 Å². The quantitative estimate of drug-likeness (QED) is 0.180. The van der Waals surface area contributed by atoms with E-state index in [-0.39, 0.29) is 0 Å². The summed E-state index contributed by atoms with van der Waals surface area (Å²) in [5.41, 5.74) is -2.06. The maximum atomic E-state index is 12.9. The van der Waals surface area contributed by atoms with Gasteiger partial charge in [0, 0.05) is 17.0 Å². The lowest BCUT2D eigenvalue weighted by molar-refractivity contribution is -0.386. The molecule has 1 unspecified atom stereocenters. The van der Waals surface area contributed by atoms with Crippen LogP contribution < -0.4 is 10.9 Å². The summed E-state index contributed by atoms with van der Waals surface area (Å²) in [6.45, 7) is 3.31. The van der Waals surface area contributed by atoms with Crippen LogP contribution in [0.4, 0.5) is 5.69 Å². The SMILES string of the molecule is COC(=O)C(C(=O)N[C@@H]1C(=O)N2[C@@H]1SC(C)(C)[C@@H]2C(=O)O)n1cccc([N+](=O)[O-])c1=O. The Morgan fingerprint density at radius 3 is 2.55 bits per heavy atom. The molecule has 2 amide bonds. The Balaban J connectivity index is 1.89. The van der Waals surface area contributed by atoms with Crippen molar-refractivity contribution < 1.29 is 33.9 Å². The third-order valence-corrected chi connectivity index (χ3v) is 6.65.